The molecule has 31 heavy (non-hydrogen) atoms. The number of carbonyl (C=O) groups is 1. The number of thioether (sulfide) groups is 1. The van der Waals surface area contributed by atoms with Crippen molar-refractivity contribution < 1.29 is 9.32 Å². The molecule has 0 aliphatic heterocycles. The van der Waals surface area contributed by atoms with E-state index in [0.717, 1.165) is 16.4 Å². The molecule has 1 atom stereocenters. The lowest BCUT2D eigenvalue weighted by molar-refractivity contribution is 0.0914. The van der Waals surface area contributed by atoms with Crippen LogP contribution in [0.25, 0.3) is 17.1 Å². The Morgan fingerprint density at radius 1 is 1.16 bits per heavy atom. The van der Waals surface area contributed by atoms with Crippen LogP contribution in [-0.4, -0.2) is 36.8 Å². The first-order chi connectivity index (χ1) is 15.1. The second-order valence-electron chi connectivity index (χ2n) is 7.22. The van der Waals surface area contributed by atoms with Crippen molar-refractivity contribution in [3.05, 3.63) is 72.6 Å². The quantitative estimate of drug-likeness (QED) is 0.436. The molecule has 0 saturated heterocycles. The molecule has 4 rings (SSSR count). The molecular formula is C22H22N6O2S. The van der Waals surface area contributed by atoms with Gasteiger partial charge in [0.15, 0.2) is 5.16 Å². The Morgan fingerprint density at radius 3 is 2.65 bits per heavy atom. The number of benzene rings is 1. The summed E-state index contributed by atoms with van der Waals surface area (Å²) in [5.74, 6) is 0.654. The van der Waals surface area contributed by atoms with Crippen LogP contribution in [0.15, 0.2) is 70.9 Å². The second-order valence-corrected chi connectivity index (χ2v) is 8.00. The normalized spacial score (nSPS) is 12.1. The van der Waals surface area contributed by atoms with Crippen molar-refractivity contribution in [2.45, 2.75) is 25.0 Å². The number of hydrogen-bond donors (Lipinski definition) is 1. The Labute approximate surface area is 184 Å². The SMILES string of the molecule is CSc1nccn1-c1ccc(C(=O)NC(c2nc(-c3cccnc3)no2)C(C)C)cc1. The number of nitrogens with one attached hydrogen (secondary N) is 1. The van der Waals surface area contributed by atoms with Gasteiger partial charge in [-0.25, -0.2) is 4.98 Å². The van der Waals surface area contributed by atoms with E-state index in [1.165, 1.54) is 0 Å². The van der Waals surface area contributed by atoms with Crippen molar-refractivity contribution in [3.8, 4) is 17.1 Å². The van der Waals surface area contributed by atoms with Crippen LogP contribution in [0.1, 0.15) is 36.1 Å². The van der Waals surface area contributed by atoms with Crippen LogP contribution >= 0.6 is 11.8 Å². The Balaban J connectivity index is 1.51. The van der Waals surface area contributed by atoms with Crippen LogP contribution < -0.4 is 5.32 Å². The number of nitrogens with zero attached hydrogens (tertiary/aromatic N) is 5. The molecule has 0 radical (unpaired) electrons. The molecule has 9 heteroatoms. The van der Waals surface area contributed by atoms with E-state index >= 15 is 0 Å². The van der Waals surface area contributed by atoms with Crippen molar-refractivity contribution in [1.29, 1.82) is 0 Å². The van der Waals surface area contributed by atoms with Crippen LogP contribution in [0.2, 0.25) is 0 Å². The van der Waals surface area contributed by atoms with Crippen molar-refractivity contribution in [2.24, 2.45) is 5.92 Å². The van der Waals surface area contributed by atoms with Gasteiger partial charge in [-0.3, -0.25) is 14.3 Å². The molecule has 1 unspecified atom stereocenters. The minimum absolute atomic E-state index is 0.0560. The average molecular weight is 435 g/mol. The van der Waals surface area contributed by atoms with Gasteiger partial charge in [0.2, 0.25) is 11.7 Å². The first kappa shape index (κ1) is 20.8. The van der Waals surface area contributed by atoms with E-state index < -0.39 is 6.04 Å². The van der Waals surface area contributed by atoms with Gasteiger partial charge in [0, 0.05) is 41.6 Å². The van der Waals surface area contributed by atoms with Gasteiger partial charge in [-0.1, -0.05) is 30.8 Å². The summed E-state index contributed by atoms with van der Waals surface area (Å²) in [6, 6.07) is 10.6. The van der Waals surface area contributed by atoms with Crippen molar-refractivity contribution in [2.75, 3.05) is 6.26 Å². The molecule has 8 nitrogen and oxygen atoms in total. The third-order valence-electron chi connectivity index (χ3n) is 4.78. The molecule has 0 aliphatic rings. The Morgan fingerprint density at radius 2 is 1.97 bits per heavy atom. The van der Waals surface area contributed by atoms with Gasteiger partial charge in [-0.2, -0.15) is 4.98 Å². The van der Waals surface area contributed by atoms with Crippen LogP contribution in [0, 0.1) is 5.92 Å². The van der Waals surface area contributed by atoms with E-state index in [1.807, 2.05) is 55.1 Å². The van der Waals surface area contributed by atoms with Crippen LogP contribution in [-0.2, 0) is 0 Å². The summed E-state index contributed by atoms with van der Waals surface area (Å²) < 4.78 is 7.43. The highest BCUT2D eigenvalue weighted by molar-refractivity contribution is 7.98. The number of hydrogen-bond acceptors (Lipinski definition) is 7. The number of rotatable bonds is 7. The predicted molar refractivity (Wildman–Crippen MR) is 118 cm³/mol. The van der Waals surface area contributed by atoms with E-state index in [-0.39, 0.29) is 11.8 Å². The standard InChI is InChI=1S/C22H22N6O2S/c1-14(2)18(21-26-19(27-30-21)16-5-4-10-23-13-16)25-20(29)15-6-8-17(9-7-15)28-12-11-24-22(28)31-3/h4-14,18H,1-3H3,(H,25,29). The van der Waals surface area contributed by atoms with Gasteiger partial charge >= 0.3 is 0 Å². The molecule has 158 valence electrons. The van der Waals surface area contributed by atoms with E-state index in [0.29, 0.717) is 17.3 Å². The third-order valence-corrected chi connectivity index (χ3v) is 5.45. The van der Waals surface area contributed by atoms with Gasteiger partial charge in [-0.05, 0) is 48.6 Å². The van der Waals surface area contributed by atoms with Crippen LogP contribution in [0.4, 0.5) is 0 Å². The highest BCUT2D eigenvalue weighted by Crippen LogP contribution is 2.24. The lowest BCUT2D eigenvalue weighted by Gasteiger charge is -2.18. The summed E-state index contributed by atoms with van der Waals surface area (Å²) in [7, 11) is 0. The number of pyridine rings is 1. The largest absolute Gasteiger partial charge is 0.340 e. The van der Waals surface area contributed by atoms with Gasteiger partial charge in [0.1, 0.15) is 6.04 Å². The number of aromatic nitrogens is 5. The van der Waals surface area contributed by atoms with Gasteiger partial charge in [0.25, 0.3) is 5.91 Å². The summed E-state index contributed by atoms with van der Waals surface area (Å²) in [5, 5.41) is 7.94. The zero-order valence-electron chi connectivity index (χ0n) is 17.4. The van der Waals surface area contributed by atoms with E-state index in [1.54, 1.807) is 42.5 Å². The molecule has 3 aromatic heterocycles. The number of amides is 1. The lowest BCUT2D eigenvalue weighted by atomic mass is 10.0. The van der Waals surface area contributed by atoms with Crippen molar-refractivity contribution >= 4 is 17.7 Å². The minimum atomic E-state index is -0.415. The predicted octanol–water partition coefficient (Wildman–Crippen LogP) is 4.17. The molecule has 4 aromatic rings. The van der Waals surface area contributed by atoms with E-state index in [4.69, 9.17) is 4.52 Å². The summed E-state index contributed by atoms with van der Waals surface area (Å²) >= 11 is 1.56. The van der Waals surface area contributed by atoms with Crippen molar-refractivity contribution in [3.63, 3.8) is 0 Å². The number of imidazole rings is 1. The molecule has 0 spiro atoms. The van der Waals surface area contributed by atoms with Crippen LogP contribution in [0.5, 0.6) is 0 Å². The molecule has 1 aromatic carbocycles. The molecule has 1 amide bonds. The molecular weight excluding hydrogens is 412 g/mol. The fourth-order valence-electron chi connectivity index (χ4n) is 3.12. The fraction of sp³-hybridized carbons (Fsp3) is 0.227. The molecule has 0 saturated carbocycles. The smallest absolute Gasteiger partial charge is 0.251 e. The maximum Gasteiger partial charge on any atom is 0.251 e. The molecule has 1 N–H and O–H groups in total. The third kappa shape index (κ3) is 4.51. The molecule has 0 fully saturated rings. The summed E-state index contributed by atoms with van der Waals surface area (Å²) in [5.41, 5.74) is 2.25. The summed E-state index contributed by atoms with van der Waals surface area (Å²) in [4.78, 5) is 25.7. The molecule has 0 aliphatic carbocycles. The highest BCUT2D eigenvalue weighted by atomic mass is 32.2. The first-order valence-corrected chi connectivity index (χ1v) is 11.0. The zero-order chi connectivity index (χ0) is 21.8. The van der Waals surface area contributed by atoms with Crippen LogP contribution in [0.3, 0.4) is 0 Å². The lowest BCUT2D eigenvalue weighted by Crippen LogP contribution is -2.32. The maximum absolute atomic E-state index is 12.9. The van der Waals surface area contributed by atoms with Gasteiger partial charge in [0.05, 0.1) is 0 Å². The van der Waals surface area contributed by atoms with E-state index in [2.05, 4.69) is 25.4 Å². The maximum atomic E-state index is 12.9. The average Bonchev–Trinajstić information content (AvgIpc) is 3.47. The van der Waals surface area contributed by atoms with Crippen molar-refractivity contribution in [1.82, 2.24) is 30.0 Å². The minimum Gasteiger partial charge on any atom is -0.340 e. The molecule has 3 heterocycles. The van der Waals surface area contributed by atoms with Gasteiger partial charge < -0.3 is 9.84 Å². The monoisotopic (exact) mass is 434 g/mol. The zero-order valence-corrected chi connectivity index (χ0v) is 18.2. The Hall–Kier alpha value is -3.46. The second kappa shape index (κ2) is 9.13. The summed E-state index contributed by atoms with van der Waals surface area (Å²) in [6.45, 7) is 3.98. The highest BCUT2D eigenvalue weighted by Gasteiger charge is 2.25. The van der Waals surface area contributed by atoms with E-state index in [9.17, 15) is 4.79 Å². The Kier molecular flexibility index (Phi) is 6.13. The topological polar surface area (TPSA) is 98.7 Å². The summed E-state index contributed by atoms with van der Waals surface area (Å²) in [6.07, 6.45) is 8.97. The Bertz CT molecular complexity index is 1150. The number of carbonyl (C=O) groups excluding carboxylic acids is 1. The molecule has 0 bridgehead atoms. The first-order valence-electron chi connectivity index (χ1n) is 9.79. The fourth-order valence-corrected chi connectivity index (χ4v) is 3.65. The van der Waals surface area contributed by atoms with Gasteiger partial charge in [-0.15, -0.1) is 0 Å².